The molecular formula is C18H21N3O3. The monoisotopic (exact) mass is 327 g/mol. The number of hydrogen-bond acceptors (Lipinski definition) is 3. The van der Waals surface area contributed by atoms with E-state index in [1.54, 1.807) is 7.05 Å². The number of carbonyl (C=O) groups excluding carboxylic acids is 2. The summed E-state index contributed by atoms with van der Waals surface area (Å²) in [6.07, 6.45) is 2.17. The van der Waals surface area contributed by atoms with Gasteiger partial charge in [-0.2, -0.15) is 0 Å². The third-order valence-electron chi connectivity index (χ3n) is 3.70. The van der Waals surface area contributed by atoms with Gasteiger partial charge in [-0.3, -0.25) is 14.4 Å². The first-order valence-electron chi connectivity index (χ1n) is 7.77. The van der Waals surface area contributed by atoms with Gasteiger partial charge in [-0.1, -0.05) is 37.3 Å². The minimum absolute atomic E-state index is 0.0434. The fourth-order valence-corrected chi connectivity index (χ4v) is 2.46. The van der Waals surface area contributed by atoms with Gasteiger partial charge in [0.25, 0.3) is 11.5 Å². The van der Waals surface area contributed by atoms with Crippen LogP contribution in [0.3, 0.4) is 0 Å². The van der Waals surface area contributed by atoms with Gasteiger partial charge in [0, 0.05) is 19.8 Å². The average molecular weight is 327 g/mol. The van der Waals surface area contributed by atoms with Crippen molar-refractivity contribution >= 4 is 11.8 Å². The molecule has 2 amide bonds. The molecule has 0 aliphatic carbocycles. The van der Waals surface area contributed by atoms with Gasteiger partial charge >= 0.3 is 0 Å². The van der Waals surface area contributed by atoms with Gasteiger partial charge in [0.05, 0.1) is 12.1 Å². The first-order chi connectivity index (χ1) is 11.4. The zero-order valence-electron chi connectivity index (χ0n) is 13.9. The van der Waals surface area contributed by atoms with Gasteiger partial charge in [-0.15, -0.1) is 0 Å². The summed E-state index contributed by atoms with van der Waals surface area (Å²) in [5.74, 6) is -1.09. The Balaban J connectivity index is 2.49. The predicted molar refractivity (Wildman–Crippen MR) is 92.0 cm³/mol. The lowest BCUT2D eigenvalue weighted by atomic mass is 10.1. The number of nitrogens with two attached hydrogens (primary N) is 1. The van der Waals surface area contributed by atoms with Crippen LogP contribution in [0.5, 0.6) is 0 Å². The van der Waals surface area contributed by atoms with Crippen molar-refractivity contribution in [3.8, 4) is 0 Å². The highest BCUT2D eigenvalue weighted by Crippen LogP contribution is 2.07. The summed E-state index contributed by atoms with van der Waals surface area (Å²) in [6.45, 7) is 2.73. The maximum Gasteiger partial charge on any atom is 0.263 e. The fourth-order valence-electron chi connectivity index (χ4n) is 2.46. The number of nitrogens with zero attached hydrogens (tertiary/aromatic N) is 2. The van der Waals surface area contributed by atoms with Crippen LogP contribution in [0.1, 0.15) is 39.6 Å². The Morgan fingerprint density at radius 3 is 2.46 bits per heavy atom. The van der Waals surface area contributed by atoms with E-state index < -0.39 is 17.4 Å². The molecule has 0 atom stereocenters. The normalized spacial score (nSPS) is 10.4. The molecule has 0 radical (unpaired) electrons. The van der Waals surface area contributed by atoms with Crippen molar-refractivity contribution in [2.75, 3.05) is 13.6 Å². The van der Waals surface area contributed by atoms with Crippen LogP contribution >= 0.6 is 0 Å². The predicted octanol–water partition coefficient (Wildman–Crippen LogP) is 1.48. The Kier molecular flexibility index (Phi) is 5.52. The van der Waals surface area contributed by atoms with Crippen molar-refractivity contribution in [2.45, 2.75) is 19.9 Å². The van der Waals surface area contributed by atoms with Crippen molar-refractivity contribution in [2.24, 2.45) is 5.73 Å². The zero-order chi connectivity index (χ0) is 17.7. The summed E-state index contributed by atoms with van der Waals surface area (Å²) in [4.78, 5) is 38.2. The molecule has 0 bridgehead atoms. The molecule has 1 aromatic carbocycles. The molecule has 6 nitrogen and oxygen atoms in total. The third-order valence-corrected chi connectivity index (χ3v) is 3.70. The highest BCUT2D eigenvalue weighted by atomic mass is 16.2. The van der Waals surface area contributed by atoms with Crippen LogP contribution in [-0.4, -0.2) is 34.9 Å². The maximum atomic E-state index is 12.7. The topological polar surface area (TPSA) is 85.4 Å². The number of carbonyl (C=O) groups is 2. The number of hydrogen-bond donors (Lipinski definition) is 1. The SMILES string of the molecule is CCCN(C)C(=O)c1cc(C(N)=O)cn(Cc2ccccc2)c1=O. The number of benzene rings is 1. The molecular weight excluding hydrogens is 306 g/mol. The molecule has 0 aliphatic heterocycles. The number of aromatic nitrogens is 1. The van der Waals surface area contributed by atoms with Gasteiger partial charge in [-0.25, -0.2) is 0 Å². The summed E-state index contributed by atoms with van der Waals surface area (Å²) in [5.41, 5.74) is 5.90. The molecule has 1 heterocycles. The highest BCUT2D eigenvalue weighted by molar-refractivity contribution is 5.98. The Morgan fingerprint density at radius 2 is 1.88 bits per heavy atom. The van der Waals surface area contributed by atoms with E-state index in [9.17, 15) is 14.4 Å². The van der Waals surface area contributed by atoms with E-state index in [0.717, 1.165) is 12.0 Å². The molecule has 24 heavy (non-hydrogen) atoms. The zero-order valence-corrected chi connectivity index (χ0v) is 13.9. The second-order valence-corrected chi connectivity index (χ2v) is 5.65. The van der Waals surface area contributed by atoms with Gasteiger partial charge in [0.1, 0.15) is 5.56 Å². The molecule has 126 valence electrons. The van der Waals surface area contributed by atoms with E-state index in [2.05, 4.69) is 0 Å². The van der Waals surface area contributed by atoms with Crippen LogP contribution in [0.25, 0.3) is 0 Å². The lowest BCUT2D eigenvalue weighted by Gasteiger charge is -2.17. The lowest BCUT2D eigenvalue weighted by Crippen LogP contribution is -2.36. The van der Waals surface area contributed by atoms with Crippen molar-refractivity contribution in [3.05, 3.63) is 69.6 Å². The standard InChI is InChI=1S/C18H21N3O3/c1-3-9-20(2)17(23)15-10-14(16(19)22)12-21(18(15)24)11-13-7-5-4-6-8-13/h4-8,10,12H,3,9,11H2,1-2H3,(H2,19,22). The average Bonchev–Trinajstić information content (AvgIpc) is 2.57. The van der Waals surface area contributed by atoms with Crippen LogP contribution in [0.15, 0.2) is 47.4 Å². The molecule has 0 spiro atoms. The summed E-state index contributed by atoms with van der Waals surface area (Å²) in [6, 6.07) is 10.6. The van der Waals surface area contributed by atoms with E-state index >= 15 is 0 Å². The van der Waals surface area contributed by atoms with Gasteiger partial charge < -0.3 is 15.2 Å². The maximum absolute atomic E-state index is 12.7. The molecule has 6 heteroatoms. The smallest absolute Gasteiger partial charge is 0.263 e. The van der Waals surface area contributed by atoms with Crippen LogP contribution in [0, 0.1) is 0 Å². The van der Waals surface area contributed by atoms with E-state index in [-0.39, 0.29) is 17.7 Å². The second kappa shape index (κ2) is 7.59. The van der Waals surface area contributed by atoms with Gasteiger partial charge in [0.2, 0.25) is 5.91 Å². The van der Waals surface area contributed by atoms with Crippen molar-refractivity contribution < 1.29 is 9.59 Å². The highest BCUT2D eigenvalue weighted by Gasteiger charge is 2.19. The summed E-state index contributed by atoms with van der Waals surface area (Å²) >= 11 is 0. The largest absolute Gasteiger partial charge is 0.366 e. The number of pyridine rings is 1. The van der Waals surface area contributed by atoms with Crippen molar-refractivity contribution in [1.29, 1.82) is 0 Å². The van der Waals surface area contributed by atoms with Crippen molar-refractivity contribution in [1.82, 2.24) is 9.47 Å². The number of rotatable bonds is 6. The quantitative estimate of drug-likeness (QED) is 0.872. The summed E-state index contributed by atoms with van der Waals surface area (Å²) in [5, 5.41) is 0. The molecule has 2 aromatic rings. The Labute approximate surface area is 140 Å². The Morgan fingerprint density at radius 1 is 1.21 bits per heavy atom. The van der Waals surface area contributed by atoms with Crippen LogP contribution < -0.4 is 11.3 Å². The number of amides is 2. The van der Waals surface area contributed by atoms with E-state index in [1.807, 2.05) is 37.3 Å². The molecule has 0 saturated heterocycles. The second-order valence-electron chi connectivity index (χ2n) is 5.65. The molecule has 0 unspecified atom stereocenters. The van der Waals surface area contributed by atoms with Crippen LogP contribution in [0.4, 0.5) is 0 Å². The molecule has 2 N–H and O–H groups in total. The minimum atomic E-state index is -0.677. The first-order valence-corrected chi connectivity index (χ1v) is 7.77. The van der Waals surface area contributed by atoms with E-state index in [0.29, 0.717) is 6.54 Å². The summed E-state index contributed by atoms with van der Waals surface area (Å²) < 4.78 is 1.35. The molecule has 1 aromatic heterocycles. The Bertz CT molecular complexity index is 797. The lowest BCUT2D eigenvalue weighted by molar-refractivity contribution is 0.0792. The number of primary amides is 1. The van der Waals surface area contributed by atoms with E-state index in [1.165, 1.54) is 21.7 Å². The summed E-state index contributed by atoms with van der Waals surface area (Å²) in [7, 11) is 1.63. The van der Waals surface area contributed by atoms with Gasteiger partial charge in [0.15, 0.2) is 0 Å². The molecule has 2 rings (SSSR count). The van der Waals surface area contributed by atoms with Crippen molar-refractivity contribution in [3.63, 3.8) is 0 Å². The first kappa shape index (κ1) is 17.5. The van der Waals surface area contributed by atoms with Crippen LogP contribution in [0.2, 0.25) is 0 Å². The molecule has 0 saturated carbocycles. The van der Waals surface area contributed by atoms with Gasteiger partial charge in [-0.05, 0) is 18.1 Å². The fraction of sp³-hybridized carbons (Fsp3) is 0.278. The Hall–Kier alpha value is -2.89. The van der Waals surface area contributed by atoms with Crippen LogP contribution in [-0.2, 0) is 6.54 Å². The minimum Gasteiger partial charge on any atom is -0.366 e. The molecule has 0 fully saturated rings. The molecule has 0 aliphatic rings. The van der Waals surface area contributed by atoms with E-state index in [4.69, 9.17) is 5.73 Å². The third kappa shape index (κ3) is 3.90.